The molecule has 1 heterocycles. The molecule has 0 aliphatic carbocycles. The van der Waals surface area contributed by atoms with Crippen LogP contribution >= 0.6 is 0 Å². The van der Waals surface area contributed by atoms with Crippen LogP contribution in [0.1, 0.15) is 50.9 Å². The van der Waals surface area contributed by atoms with Gasteiger partial charge in [-0.25, -0.2) is 4.79 Å². The van der Waals surface area contributed by atoms with Gasteiger partial charge in [-0.2, -0.15) is 5.26 Å². The predicted molar refractivity (Wildman–Crippen MR) is 111 cm³/mol. The van der Waals surface area contributed by atoms with E-state index in [9.17, 15) is 25.0 Å². The highest BCUT2D eigenvalue weighted by Gasteiger charge is 2.31. The predicted octanol–water partition coefficient (Wildman–Crippen LogP) is 3.04. The van der Waals surface area contributed by atoms with Gasteiger partial charge in [-0.05, 0) is 37.7 Å². The number of piperidine rings is 1. The number of nitriles is 1. The minimum Gasteiger partial charge on any atom is -0.452 e. The van der Waals surface area contributed by atoms with Crippen LogP contribution in [0.4, 0.5) is 11.4 Å². The third-order valence-electron chi connectivity index (χ3n) is 5.66. The quantitative estimate of drug-likeness (QED) is 0.411. The molecule has 0 aromatic heterocycles. The molecule has 30 heavy (non-hydrogen) atoms. The van der Waals surface area contributed by atoms with E-state index in [-0.39, 0.29) is 17.2 Å². The van der Waals surface area contributed by atoms with E-state index >= 15 is 0 Å². The second kappa shape index (κ2) is 9.57. The molecule has 1 aliphatic heterocycles. The van der Waals surface area contributed by atoms with Gasteiger partial charge < -0.3 is 15.0 Å². The average Bonchev–Trinajstić information content (AvgIpc) is 2.71. The van der Waals surface area contributed by atoms with E-state index in [1.54, 1.807) is 26.8 Å². The Morgan fingerprint density at radius 2 is 2.03 bits per heavy atom. The Kier molecular flexibility index (Phi) is 7.38. The Bertz CT molecular complexity index is 855. The Morgan fingerprint density at radius 1 is 1.40 bits per heavy atom. The molecule has 2 rings (SSSR count). The van der Waals surface area contributed by atoms with Gasteiger partial charge in [0.2, 0.25) is 0 Å². The molecule has 162 valence electrons. The molecule has 1 amide bonds. The lowest BCUT2D eigenvalue weighted by atomic mass is 9.90. The van der Waals surface area contributed by atoms with E-state index in [0.29, 0.717) is 11.6 Å². The molecular formula is C21H28N4O5. The van der Waals surface area contributed by atoms with Crippen LogP contribution in [0.15, 0.2) is 18.2 Å². The van der Waals surface area contributed by atoms with Crippen molar-refractivity contribution in [3.05, 3.63) is 33.9 Å². The maximum absolute atomic E-state index is 12.7. The van der Waals surface area contributed by atoms with E-state index in [2.05, 4.69) is 12.2 Å². The molecule has 1 saturated heterocycles. The summed E-state index contributed by atoms with van der Waals surface area (Å²) in [5, 5.41) is 23.0. The number of ether oxygens (including phenoxy) is 1. The monoisotopic (exact) mass is 416 g/mol. The van der Waals surface area contributed by atoms with Crippen LogP contribution in [0.3, 0.4) is 0 Å². The van der Waals surface area contributed by atoms with E-state index in [0.717, 1.165) is 25.9 Å². The molecule has 1 aliphatic rings. The van der Waals surface area contributed by atoms with Gasteiger partial charge in [-0.3, -0.25) is 14.9 Å². The van der Waals surface area contributed by atoms with E-state index in [1.807, 2.05) is 11.0 Å². The van der Waals surface area contributed by atoms with Crippen LogP contribution in [0.2, 0.25) is 0 Å². The number of benzene rings is 1. The Morgan fingerprint density at radius 3 is 2.57 bits per heavy atom. The highest BCUT2D eigenvalue weighted by atomic mass is 16.6. The van der Waals surface area contributed by atoms with Crippen molar-refractivity contribution in [3.63, 3.8) is 0 Å². The molecule has 1 aromatic carbocycles. The molecule has 9 nitrogen and oxygen atoms in total. The number of nitrogens with one attached hydrogen (secondary N) is 1. The minimum absolute atomic E-state index is 0.0541. The third-order valence-corrected chi connectivity index (χ3v) is 5.66. The lowest BCUT2D eigenvalue weighted by Gasteiger charge is -2.33. The highest BCUT2D eigenvalue weighted by Crippen LogP contribution is 2.30. The van der Waals surface area contributed by atoms with Crippen molar-refractivity contribution in [1.29, 1.82) is 5.26 Å². The van der Waals surface area contributed by atoms with Crippen molar-refractivity contribution in [1.82, 2.24) is 5.32 Å². The van der Waals surface area contributed by atoms with Gasteiger partial charge in [-0.1, -0.05) is 20.8 Å². The number of hydrogen-bond donors (Lipinski definition) is 1. The number of nitrogens with zero attached hydrogens (tertiary/aromatic N) is 3. The number of esters is 1. The van der Waals surface area contributed by atoms with Crippen LogP contribution in [0.25, 0.3) is 0 Å². The normalized spacial score (nSPS) is 16.5. The molecule has 1 aromatic rings. The summed E-state index contributed by atoms with van der Waals surface area (Å²) < 4.78 is 5.14. The smallest absolute Gasteiger partial charge is 0.341 e. The van der Waals surface area contributed by atoms with Crippen molar-refractivity contribution in [3.8, 4) is 6.07 Å². The number of rotatable bonds is 7. The highest BCUT2D eigenvalue weighted by molar-refractivity contribution is 5.97. The summed E-state index contributed by atoms with van der Waals surface area (Å²) in [5.74, 6) is -0.994. The fourth-order valence-corrected chi connectivity index (χ4v) is 3.16. The summed E-state index contributed by atoms with van der Waals surface area (Å²) in [4.78, 5) is 37.5. The molecular weight excluding hydrogens is 388 g/mol. The average molecular weight is 416 g/mol. The van der Waals surface area contributed by atoms with Gasteiger partial charge in [0.05, 0.1) is 22.2 Å². The molecule has 0 spiro atoms. The third kappa shape index (κ3) is 5.47. The van der Waals surface area contributed by atoms with E-state index < -0.39 is 28.9 Å². The van der Waals surface area contributed by atoms with Gasteiger partial charge in [-0.15, -0.1) is 0 Å². The SMILES string of the molecule is CC1CCN(c2ccc([N+](=O)[O-])cc2C(=O)OCC(=O)N[C@](C)(C#N)C(C)C)CC1. The number of nitro benzene ring substituents is 1. The summed E-state index contributed by atoms with van der Waals surface area (Å²) in [6.07, 6.45) is 1.91. The molecule has 0 unspecified atom stereocenters. The molecule has 0 bridgehead atoms. The summed E-state index contributed by atoms with van der Waals surface area (Å²) in [6.45, 7) is 8.22. The summed E-state index contributed by atoms with van der Waals surface area (Å²) in [7, 11) is 0. The molecule has 1 N–H and O–H groups in total. The zero-order valence-electron chi connectivity index (χ0n) is 17.8. The van der Waals surface area contributed by atoms with Crippen LogP contribution < -0.4 is 10.2 Å². The van der Waals surface area contributed by atoms with E-state index in [1.165, 1.54) is 12.1 Å². The second-order valence-corrected chi connectivity index (χ2v) is 8.22. The zero-order chi connectivity index (χ0) is 22.5. The number of amides is 1. The van der Waals surface area contributed by atoms with Crippen LogP contribution in [-0.2, 0) is 9.53 Å². The van der Waals surface area contributed by atoms with Crippen molar-refractivity contribution >= 4 is 23.3 Å². The maximum atomic E-state index is 12.7. The molecule has 0 saturated carbocycles. The lowest BCUT2D eigenvalue weighted by molar-refractivity contribution is -0.384. The van der Waals surface area contributed by atoms with Gasteiger partial charge in [0.1, 0.15) is 5.54 Å². The fraction of sp³-hybridized carbons (Fsp3) is 0.571. The fourth-order valence-electron chi connectivity index (χ4n) is 3.16. The van der Waals surface area contributed by atoms with Crippen LogP contribution in [0, 0.1) is 33.3 Å². The first-order valence-corrected chi connectivity index (χ1v) is 10.00. The minimum atomic E-state index is -1.09. The molecule has 0 radical (unpaired) electrons. The lowest BCUT2D eigenvalue weighted by Crippen LogP contribution is -2.50. The van der Waals surface area contributed by atoms with Crippen molar-refractivity contribution < 1.29 is 19.2 Å². The number of non-ortho nitro benzene ring substituents is 1. The van der Waals surface area contributed by atoms with Gasteiger partial charge in [0, 0.05) is 25.2 Å². The molecule has 9 heteroatoms. The number of carbonyl (C=O) groups is 2. The van der Waals surface area contributed by atoms with Crippen LogP contribution in [-0.4, -0.2) is 42.0 Å². The maximum Gasteiger partial charge on any atom is 0.341 e. The standard InChI is InChI=1S/C21H28N4O5/c1-14(2)21(4,13-22)23-19(26)12-30-20(27)17-11-16(25(28)29)5-6-18(17)24-9-7-15(3)8-10-24/h5-6,11,14-15H,7-10,12H2,1-4H3,(H,23,26)/t21-/m1/s1. The first-order chi connectivity index (χ1) is 14.1. The van der Waals surface area contributed by atoms with Crippen molar-refractivity contribution in [2.75, 3.05) is 24.6 Å². The zero-order valence-corrected chi connectivity index (χ0v) is 17.8. The number of carbonyl (C=O) groups excluding carboxylic acids is 2. The number of hydrogen-bond acceptors (Lipinski definition) is 7. The van der Waals surface area contributed by atoms with Crippen molar-refractivity contribution in [2.45, 2.75) is 46.1 Å². The Balaban J connectivity index is 2.17. The first kappa shape index (κ1) is 23.1. The molecule has 1 fully saturated rings. The first-order valence-electron chi connectivity index (χ1n) is 10.00. The summed E-state index contributed by atoms with van der Waals surface area (Å²) >= 11 is 0. The number of nitro groups is 1. The van der Waals surface area contributed by atoms with Crippen molar-refractivity contribution in [2.24, 2.45) is 11.8 Å². The summed E-state index contributed by atoms with van der Waals surface area (Å²) in [6, 6.07) is 6.14. The topological polar surface area (TPSA) is 126 Å². The van der Waals surface area contributed by atoms with Gasteiger partial charge in [0.15, 0.2) is 6.61 Å². The van der Waals surface area contributed by atoms with Crippen LogP contribution in [0.5, 0.6) is 0 Å². The molecule has 1 atom stereocenters. The Labute approximate surface area is 176 Å². The summed E-state index contributed by atoms with van der Waals surface area (Å²) in [5.41, 5.74) is -0.706. The second-order valence-electron chi connectivity index (χ2n) is 8.22. The largest absolute Gasteiger partial charge is 0.452 e. The van der Waals surface area contributed by atoms with Gasteiger partial charge in [0.25, 0.3) is 11.6 Å². The number of anilines is 1. The van der Waals surface area contributed by atoms with Gasteiger partial charge >= 0.3 is 5.97 Å². The van der Waals surface area contributed by atoms with E-state index in [4.69, 9.17) is 4.74 Å². The Hall–Kier alpha value is -3.15.